The molecule has 0 aromatic rings. The maximum absolute atomic E-state index is 11.3. The molecule has 0 bridgehead atoms. The Morgan fingerprint density at radius 1 is 1.16 bits per heavy atom. The number of aliphatic hydroxyl groups is 1. The first-order valence-electron chi connectivity index (χ1n) is 12.3. The Labute approximate surface area is 187 Å². The fourth-order valence-electron chi connectivity index (χ4n) is 8.20. The number of allylic oxidation sites excluding steroid dienone is 1. The van der Waals surface area contributed by atoms with Gasteiger partial charge in [-0.1, -0.05) is 32.4 Å². The van der Waals surface area contributed by atoms with Gasteiger partial charge < -0.3 is 19.3 Å². The topological polar surface area (TPSA) is 65.0 Å². The van der Waals surface area contributed by atoms with Gasteiger partial charge in [-0.15, -0.1) is 0 Å². The Bertz CT molecular complexity index is 704. The molecule has 9 atom stereocenters. The molecule has 0 spiro atoms. The minimum absolute atomic E-state index is 0.152. The van der Waals surface area contributed by atoms with Gasteiger partial charge >= 0.3 is 5.97 Å². The van der Waals surface area contributed by atoms with E-state index in [-0.39, 0.29) is 34.9 Å². The van der Waals surface area contributed by atoms with Crippen LogP contribution < -0.4 is 0 Å². The molecule has 0 aliphatic heterocycles. The van der Waals surface area contributed by atoms with Crippen molar-refractivity contribution in [2.24, 2.45) is 40.4 Å². The summed E-state index contributed by atoms with van der Waals surface area (Å²) in [4.78, 5) is 11.3. The normalized spacial score (nSPS) is 45.2. The van der Waals surface area contributed by atoms with Crippen molar-refractivity contribution in [3.63, 3.8) is 0 Å². The number of esters is 1. The minimum atomic E-state index is -0.384. The van der Waals surface area contributed by atoms with Crippen LogP contribution in [0.3, 0.4) is 0 Å². The van der Waals surface area contributed by atoms with E-state index in [1.54, 1.807) is 12.7 Å². The van der Waals surface area contributed by atoms with Crippen LogP contribution in [-0.2, 0) is 19.0 Å². The average molecular weight is 435 g/mol. The largest absolute Gasteiger partial charge is 0.466 e. The smallest absolute Gasteiger partial charge is 0.302 e. The molecule has 4 aliphatic rings. The highest BCUT2D eigenvalue weighted by Crippen LogP contribution is 2.66. The Hall–Kier alpha value is -0.910. The van der Waals surface area contributed by atoms with Crippen molar-refractivity contribution in [1.82, 2.24) is 0 Å². The molecule has 176 valence electrons. The van der Waals surface area contributed by atoms with Crippen LogP contribution in [0.25, 0.3) is 0 Å². The van der Waals surface area contributed by atoms with Crippen LogP contribution in [0.5, 0.6) is 0 Å². The third-order valence-corrected chi connectivity index (χ3v) is 9.78. The molecule has 5 nitrogen and oxygen atoms in total. The first kappa shape index (κ1) is 23.3. The molecule has 5 heteroatoms. The first-order chi connectivity index (χ1) is 14.7. The molecule has 4 aliphatic carbocycles. The molecule has 0 aromatic heterocycles. The number of methoxy groups -OCH3 is 1. The quantitative estimate of drug-likeness (QED) is 0.372. The highest BCUT2D eigenvalue weighted by Gasteiger charge is 2.59. The minimum Gasteiger partial charge on any atom is -0.466 e. The van der Waals surface area contributed by atoms with Gasteiger partial charge in [0, 0.05) is 14.0 Å². The molecule has 0 aromatic carbocycles. The number of fused-ring (bicyclic) bond motifs is 5. The Morgan fingerprint density at radius 3 is 2.58 bits per heavy atom. The maximum atomic E-state index is 11.3. The summed E-state index contributed by atoms with van der Waals surface area (Å²) in [7, 11) is 1.67. The van der Waals surface area contributed by atoms with Crippen LogP contribution in [0.15, 0.2) is 11.6 Å². The lowest BCUT2D eigenvalue weighted by Crippen LogP contribution is -2.54. The lowest BCUT2D eigenvalue weighted by atomic mass is 9.47. The van der Waals surface area contributed by atoms with Crippen LogP contribution >= 0.6 is 0 Å². The van der Waals surface area contributed by atoms with Gasteiger partial charge in [-0.2, -0.15) is 0 Å². The van der Waals surface area contributed by atoms with Crippen LogP contribution in [0, 0.1) is 40.4 Å². The second-order valence-electron chi connectivity index (χ2n) is 11.4. The van der Waals surface area contributed by atoms with Gasteiger partial charge in [0.25, 0.3) is 0 Å². The first-order valence-corrected chi connectivity index (χ1v) is 12.3. The summed E-state index contributed by atoms with van der Waals surface area (Å²) in [5, 5.41) is 11.3. The van der Waals surface area contributed by atoms with Crippen LogP contribution in [0.2, 0.25) is 0 Å². The molecule has 0 saturated heterocycles. The highest BCUT2D eigenvalue weighted by molar-refractivity contribution is 5.65. The molecule has 3 fully saturated rings. The summed E-state index contributed by atoms with van der Waals surface area (Å²) < 4.78 is 16.4. The second kappa shape index (κ2) is 8.79. The number of hydrogen-bond donors (Lipinski definition) is 1. The van der Waals surface area contributed by atoms with Gasteiger partial charge in [-0.05, 0) is 85.4 Å². The van der Waals surface area contributed by atoms with Crippen molar-refractivity contribution in [3.8, 4) is 0 Å². The molecule has 0 radical (unpaired) electrons. The van der Waals surface area contributed by atoms with Crippen molar-refractivity contribution < 1.29 is 24.1 Å². The fraction of sp³-hybridized carbons (Fsp3) is 0.885. The van der Waals surface area contributed by atoms with E-state index >= 15 is 0 Å². The van der Waals surface area contributed by atoms with Gasteiger partial charge in [0.05, 0.1) is 18.8 Å². The van der Waals surface area contributed by atoms with E-state index in [0.29, 0.717) is 37.1 Å². The number of carbonyl (C=O) groups excluding carboxylic acids is 1. The third-order valence-electron chi connectivity index (χ3n) is 9.78. The Balaban J connectivity index is 1.54. The molecule has 4 unspecified atom stereocenters. The van der Waals surface area contributed by atoms with Crippen molar-refractivity contribution in [2.45, 2.75) is 84.8 Å². The molecule has 4 rings (SSSR count). The lowest BCUT2D eigenvalue weighted by molar-refractivity contribution is -0.143. The summed E-state index contributed by atoms with van der Waals surface area (Å²) in [5.74, 6) is 2.15. The van der Waals surface area contributed by atoms with Gasteiger partial charge in [0.2, 0.25) is 0 Å². The van der Waals surface area contributed by atoms with Gasteiger partial charge in [-0.3, -0.25) is 4.79 Å². The monoisotopic (exact) mass is 434 g/mol. The van der Waals surface area contributed by atoms with Gasteiger partial charge in [-0.25, -0.2) is 0 Å². The molecule has 31 heavy (non-hydrogen) atoms. The number of aliphatic hydroxyl groups excluding tert-OH is 1. The Kier molecular flexibility index (Phi) is 6.60. The van der Waals surface area contributed by atoms with Crippen LogP contribution in [0.1, 0.15) is 72.6 Å². The molecule has 3 saturated carbocycles. The zero-order valence-electron chi connectivity index (χ0n) is 20.1. The highest BCUT2D eigenvalue weighted by atomic mass is 16.7. The summed E-state index contributed by atoms with van der Waals surface area (Å²) in [5.41, 5.74) is 1.93. The predicted molar refractivity (Wildman–Crippen MR) is 119 cm³/mol. The average Bonchev–Trinajstić information content (AvgIpc) is 3.08. The third kappa shape index (κ3) is 4.00. The van der Waals surface area contributed by atoms with Crippen molar-refractivity contribution in [1.29, 1.82) is 0 Å². The Morgan fingerprint density at radius 2 is 1.87 bits per heavy atom. The number of carbonyl (C=O) groups is 1. The van der Waals surface area contributed by atoms with Crippen molar-refractivity contribution in [2.75, 3.05) is 20.5 Å². The molecule has 0 heterocycles. The second-order valence-corrected chi connectivity index (χ2v) is 11.4. The van der Waals surface area contributed by atoms with Crippen LogP contribution in [-0.4, -0.2) is 43.8 Å². The van der Waals surface area contributed by atoms with Gasteiger partial charge in [0.15, 0.2) is 0 Å². The SMILES string of the molecule is COCOC1CC[C@@]2(C)C(C1)C(O)C=C1[C@@H]3CC[C@H](C(C)COC(C)=O)[C@@]3(C)CC[C@@H]12. The summed E-state index contributed by atoms with van der Waals surface area (Å²) >= 11 is 0. The number of rotatable bonds is 6. The zero-order valence-corrected chi connectivity index (χ0v) is 20.1. The zero-order chi connectivity index (χ0) is 22.4. The van der Waals surface area contributed by atoms with Crippen LogP contribution in [0.4, 0.5) is 0 Å². The van der Waals surface area contributed by atoms with E-state index in [9.17, 15) is 9.90 Å². The van der Waals surface area contributed by atoms with Crippen molar-refractivity contribution >= 4 is 5.97 Å². The van der Waals surface area contributed by atoms with E-state index in [4.69, 9.17) is 14.2 Å². The predicted octanol–water partition coefficient (Wildman–Crippen LogP) is 4.72. The van der Waals surface area contributed by atoms with E-state index in [1.165, 1.54) is 32.6 Å². The lowest BCUT2D eigenvalue weighted by Gasteiger charge is -2.59. The molecular weight excluding hydrogens is 392 g/mol. The maximum Gasteiger partial charge on any atom is 0.302 e. The van der Waals surface area contributed by atoms with E-state index in [0.717, 1.165) is 19.3 Å². The van der Waals surface area contributed by atoms with Gasteiger partial charge in [0.1, 0.15) is 6.79 Å². The van der Waals surface area contributed by atoms with Crippen molar-refractivity contribution in [3.05, 3.63) is 11.6 Å². The van der Waals surface area contributed by atoms with E-state index < -0.39 is 0 Å². The summed E-state index contributed by atoms with van der Waals surface area (Å²) in [6.45, 7) is 9.50. The molecular formula is C26H42O5. The molecule has 1 N–H and O–H groups in total. The number of hydrogen-bond acceptors (Lipinski definition) is 5. The summed E-state index contributed by atoms with van der Waals surface area (Å²) in [6, 6.07) is 0. The van der Waals surface area contributed by atoms with E-state index in [1.807, 2.05) is 0 Å². The van der Waals surface area contributed by atoms with E-state index in [2.05, 4.69) is 26.8 Å². The molecule has 0 amide bonds. The fourth-order valence-corrected chi connectivity index (χ4v) is 8.20. The standard InChI is InChI=1S/C26H42O5/c1-16(14-30-17(2)27)20-6-7-21-19-13-24(28)23-12-18(31-15-29-5)8-10-26(23,4)22(19)9-11-25(20,21)3/h13,16,18,20-24,28H,6-12,14-15H2,1-5H3/t16?,18?,20-,21+,22+,23?,24?,25-,26-/m1/s1. The summed E-state index contributed by atoms with van der Waals surface area (Å²) in [6.07, 6.45) is 9.97. The number of ether oxygens (including phenoxy) is 3.